The van der Waals surface area contributed by atoms with Gasteiger partial charge in [0.15, 0.2) is 0 Å². The van der Waals surface area contributed by atoms with Crippen molar-refractivity contribution in [3.05, 3.63) is 72.2 Å². The number of nitrogens with one attached hydrogen (secondary N) is 1. The number of primary amides is 1. The standard InChI is InChI=1S/C13H13N3S.C6H7N3O2.Mn/c1-9(15-16-13(14)17)11-7-6-10-4-2-3-5-12(10)8-11;7-6(10)9-8-4-5-2-1-3-11-5;/h2-8H,1H3,(H3,14,16,17);1-4H,(H3,7,9,10);/p-1/b15-9+;8-4+;. The molecule has 0 saturated heterocycles. The molecule has 0 unspecified atom stereocenters. The molecule has 1 aromatic heterocycles. The third-order valence-electron chi connectivity index (χ3n) is 3.38. The van der Waals surface area contributed by atoms with Crippen molar-refractivity contribution in [1.29, 1.82) is 0 Å². The van der Waals surface area contributed by atoms with Crippen molar-refractivity contribution in [2.45, 2.75) is 6.92 Å². The van der Waals surface area contributed by atoms with Gasteiger partial charge in [-0.25, -0.2) is 10.2 Å². The van der Waals surface area contributed by atoms with Crippen molar-refractivity contribution in [3.8, 4) is 0 Å². The van der Waals surface area contributed by atoms with Crippen LogP contribution in [0.5, 0.6) is 0 Å². The number of amides is 2. The first-order chi connectivity index (χ1) is 13.5. The Hall–Kier alpha value is -3.20. The summed E-state index contributed by atoms with van der Waals surface area (Å²) in [5.41, 5.74) is 13.8. The fraction of sp³-hybridized carbons (Fsp3) is 0.0526. The Labute approximate surface area is 184 Å². The van der Waals surface area contributed by atoms with Crippen LogP contribution in [-0.4, -0.2) is 23.1 Å². The number of fused-ring (bicyclic) bond motifs is 1. The molecule has 5 N–H and O–H groups in total. The SMILES string of the molecule is C/C(=N\N=C(/N)[S-])c1ccc2ccccc2c1.NC(=O)N/N=C/c1ccco1.[Mn]. The number of amidine groups is 1. The zero-order valence-electron chi connectivity index (χ0n) is 15.4. The fourth-order valence-corrected chi connectivity index (χ4v) is 2.16. The summed E-state index contributed by atoms with van der Waals surface area (Å²) in [6.07, 6.45) is 2.86. The first kappa shape index (κ1) is 23.8. The molecule has 3 aromatic rings. The van der Waals surface area contributed by atoms with Gasteiger partial charge in [-0.15, -0.1) is 0 Å². The summed E-state index contributed by atoms with van der Waals surface area (Å²) in [6.45, 7) is 1.88. The predicted molar refractivity (Wildman–Crippen MR) is 114 cm³/mol. The molecule has 0 atom stereocenters. The van der Waals surface area contributed by atoms with E-state index in [1.807, 2.05) is 30.5 Å². The Balaban J connectivity index is 0.000000306. The minimum absolute atomic E-state index is 0. The van der Waals surface area contributed by atoms with Crippen molar-refractivity contribution in [2.24, 2.45) is 26.8 Å². The van der Waals surface area contributed by atoms with Gasteiger partial charge in [-0.1, -0.05) is 36.4 Å². The van der Waals surface area contributed by atoms with Gasteiger partial charge in [-0.3, -0.25) is 0 Å². The van der Waals surface area contributed by atoms with Gasteiger partial charge in [-0.2, -0.15) is 15.3 Å². The van der Waals surface area contributed by atoms with Gasteiger partial charge < -0.3 is 28.5 Å². The molecular weight excluding hydrogens is 431 g/mol. The van der Waals surface area contributed by atoms with Crippen LogP contribution < -0.4 is 16.9 Å². The first-order valence-electron chi connectivity index (χ1n) is 8.11. The minimum Gasteiger partial charge on any atom is -0.741 e. The molecule has 0 aliphatic rings. The molecule has 0 bridgehead atoms. The van der Waals surface area contributed by atoms with Crippen LogP contribution in [0.25, 0.3) is 10.8 Å². The molecule has 0 saturated carbocycles. The second-order valence-electron chi connectivity index (χ2n) is 5.44. The molecule has 29 heavy (non-hydrogen) atoms. The second kappa shape index (κ2) is 12.3. The van der Waals surface area contributed by atoms with Gasteiger partial charge in [0.2, 0.25) is 0 Å². The van der Waals surface area contributed by atoms with E-state index in [0.717, 1.165) is 11.3 Å². The van der Waals surface area contributed by atoms with Crippen LogP contribution in [0.15, 0.2) is 80.6 Å². The Kier molecular flexibility index (Phi) is 10.1. The topological polar surface area (TPSA) is 131 Å². The molecule has 1 radical (unpaired) electrons. The number of nitrogens with zero attached hydrogens (tertiary/aromatic N) is 3. The summed E-state index contributed by atoms with van der Waals surface area (Å²) in [7, 11) is 0. The maximum Gasteiger partial charge on any atom is 0.332 e. The average molecular weight is 450 g/mol. The Morgan fingerprint density at radius 1 is 1.07 bits per heavy atom. The van der Waals surface area contributed by atoms with Gasteiger partial charge in [0, 0.05) is 17.1 Å². The summed E-state index contributed by atoms with van der Waals surface area (Å²) < 4.78 is 4.87. The van der Waals surface area contributed by atoms with Crippen LogP contribution in [0.3, 0.4) is 0 Å². The third kappa shape index (κ3) is 8.56. The van der Waals surface area contributed by atoms with Crippen molar-refractivity contribution in [1.82, 2.24) is 5.43 Å². The quantitative estimate of drug-likeness (QED) is 0.185. The van der Waals surface area contributed by atoms with Crippen molar-refractivity contribution < 1.29 is 26.3 Å². The molecule has 0 aliphatic heterocycles. The van der Waals surface area contributed by atoms with E-state index in [2.05, 4.69) is 52.2 Å². The van der Waals surface area contributed by atoms with Crippen molar-refractivity contribution >= 4 is 46.5 Å². The number of benzene rings is 2. The van der Waals surface area contributed by atoms with E-state index in [1.54, 1.807) is 12.1 Å². The number of carbonyl (C=O) groups is 1. The monoisotopic (exact) mass is 450 g/mol. The molecule has 2 amide bonds. The van der Waals surface area contributed by atoms with E-state index >= 15 is 0 Å². The van der Waals surface area contributed by atoms with E-state index in [9.17, 15) is 4.79 Å². The van der Waals surface area contributed by atoms with Gasteiger partial charge >= 0.3 is 6.03 Å². The number of hydrogen-bond donors (Lipinski definition) is 3. The van der Waals surface area contributed by atoms with Crippen LogP contribution in [0, 0.1) is 0 Å². The van der Waals surface area contributed by atoms with Crippen LogP contribution in [-0.2, 0) is 29.7 Å². The van der Waals surface area contributed by atoms with E-state index in [1.165, 1.54) is 23.3 Å². The maximum atomic E-state index is 10.1. The summed E-state index contributed by atoms with van der Waals surface area (Å²) in [5.74, 6) is 0.554. The molecule has 3 rings (SSSR count). The van der Waals surface area contributed by atoms with E-state index in [4.69, 9.17) is 15.9 Å². The molecular formula is C19H19MnN6O2S-. The zero-order valence-corrected chi connectivity index (χ0v) is 17.4. The fourth-order valence-electron chi connectivity index (χ4n) is 2.12. The normalized spacial score (nSPS) is 11.5. The van der Waals surface area contributed by atoms with E-state index < -0.39 is 6.03 Å². The number of hydrazone groups is 1. The van der Waals surface area contributed by atoms with Gasteiger partial charge in [0.1, 0.15) is 5.76 Å². The molecule has 8 nitrogen and oxygen atoms in total. The van der Waals surface area contributed by atoms with Crippen LogP contribution in [0.2, 0.25) is 0 Å². The Bertz CT molecular complexity index is 1010. The number of hydrogen-bond acceptors (Lipinski definition) is 6. The predicted octanol–water partition coefficient (Wildman–Crippen LogP) is 2.70. The number of furan rings is 1. The zero-order chi connectivity index (χ0) is 20.4. The van der Waals surface area contributed by atoms with Gasteiger partial charge in [-0.05, 0) is 46.6 Å². The van der Waals surface area contributed by atoms with Crippen LogP contribution >= 0.6 is 0 Å². The third-order valence-corrected chi connectivity index (χ3v) is 3.46. The Morgan fingerprint density at radius 2 is 1.79 bits per heavy atom. The molecule has 1 heterocycles. The van der Waals surface area contributed by atoms with E-state index in [0.29, 0.717) is 5.76 Å². The first-order valence-corrected chi connectivity index (χ1v) is 8.52. The molecule has 10 heteroatoms. The summed E-state index contributed by atoms with van der Waals surface area (Å²) >= 11 is 4.64. The summed E-state index contributed by atoms with van der Waals surface area (Å²) in [4.78, 5) is 10.1. The van der Waals surface area contributed by atoms with Crippen LogP contribution in [0.4, 0.5) is 4.79 Å². The number of urea groups is 1. The summed E-state index contributed by atoms with van der Waals surface area (Å²) in [5, 5.41) is 13.6. The smallest absolute Gasteiger partial charge is 0.332 e. The minimum atomic E-state index is -0.701. The second-order valence-corrected chi connectivity index (χ2v) is 5.85. The van der Waals surface area contributed by atoms with Gasteiger partial charge in [0.05, 0.1) is 18.2 Å². The Morgan fingerprint density at radius 3 is 2.41 bits per heavy atom. The van der Waals surface area contributed by atoms with Crippen LogP contribution in [0.1, 0.15) is 18.2 Å². The van der Waals surface area contributed by atoms with E-state index in [-0.39, 0.29) is 22.2 Å². The number of rotatable bonds is 4. The average Bonchev–Trinajstić information content (AvgIpc) is 3.19. The number of nitrogens with two attached hydrogens (primary N) is 2. The molecule has 0 fully saturated rings. The molecule has 0 spiro atoms. The maximum absolute atomic E-state index is 10.1. The van der Waals surface area contributed by atoms with Gasteiger partial charge in [0.25, 0.3) is 0 Å². The summed E-state index contributed by atoms with van der Waals surface area (Å²) in [6, 6.07) is 17.0. The number of carbonyl (C=O) groups excluding carboxylic acids is 1. The van der Waals surface area contributed by atoms with Crippen molar-refractivity contribution in [3.63, 3.8) is 0 Å². The largest absolute Gasteiger partial charge is 0.741 e. The molecule has 0 aliphatic carbocycles. The molecule has 151 valence electrons. The van der Waals surface area contributed by atoms with Crippen molar-refractivity contribution in [2.75, 3.05) is 0 Å². The molecule has 2 aromatic carbocycles.